The number of aromatic nitrogens is 3. The molecule has 0 aliphatic rings. The summed E-state index contributed by atoms with van der Waals surface area (Å²) in [5.74, 6) is 0.800. The number of nitrogens with zero attached hydrogens (tertiary/aromatic N) is 3. The van der Waals surface area contributed by atoms with Crippen LogP contribution in [0.2, 0.25) is 0 Å². The molecule has 0 saturated heterocycles. The Labute approximate surface area is 88.9 Å². The Morgan fingerprint density at radius 2 is 1.93 bits per heavy atom. The average molecular weight is 202 g/mol. The zero-order valence-corrected chi connectivity index (χ0v) is 8.88. The van der Waals surface area contributed by atoms with Crippen molar-refractivity contribution in [2.24, 2.45) is 0 Å². The molecule has 0 aliphatic carbocycles. The molecule has 0 amide bonds. The largest absolute Gasteiger partial charge is 0.365 e. The van der Waals surface area contributed by atoms with Gasteiger partial charge in [-0.1, -0.05) is 23.4 Å². The maximum Gasteiger partial charge on any atom is 0.169 e. The Kier molecular flexibility index (Phi) is 2.67. The number of benzene rings is 1. The zero-order chi connectivity index (χ0) is 10.7. The quantitative estimate of drug-likeness (QED) is 0.828. The second kappa shape index (κ2) is 4.13. The van der Waals surface area contributed by atoms with Gasteiger partial charge in [-0.25, -0.2) is 4.68 Å². The van der Waals surface area contributed by atoms with Gasteiger partial charge in [0.2, 0.25) is 0 Å². The van der Waals surface area contributed by atoms with Crippen LogP contribution >= 0.6 is 0 Å². The molecule has 1 heterocycles. The minimum absolute atomic E-state index is 0.367. The average Bonchev–Trinajstić information content (AvgIpc) is 2.67. The summed E-state index contributed by atoms with van der Waals surface area (Å²) in [6.45, 7) is 4.14. The molecule has 1 N–H and O–H groups in total. The van der Waals surface area contributed by atoms with Crippen LogP contribution in [0.5, 0.6) is 0 Å². The molecule has 2 rings (SSSR count). The van der Waals surface area contributed by atoms with E-state index in [4.69, 9.17) is 0 Å². The Hall–Kier alpha value is -1.84. The standard InChI is InChI=1S/C11H14N4/c1-9(2)12-11-8-15(14-13-11)10-6-4-3-5-7-10/h3-9,12H,1-2H3. The number of para-hydroxylation sites is 1. The van der Waals surface area contributed by atoms with Gasteiger partial charge in [0.1, 0.15) is 0 Å². The fourth-order valence-electron chi connectivity index (χ4n) is 1.33. The summed E-state index contributed by atoms with van der Waals surface area (Å²) in [4.78, 5) is 0. The summed E-state index contributed by atoms with van der Waals surface area (Å²) in [6, 6.07) is 10.3. The molecule has 0 bridgehead atoms. The number of rotatable bonds is 3. The second-order valence-corrected chi connectivity index (χ2v) is 3.68. The number of nitrogens with one attached hydrogen (secondary N) is 1. The van der Waals surface area contributed by atoms with Crippen LogP contribution in [0.3, 0.4) is 0 Å². The van der Waals surface area contributed by atoms with E-state index in [9.17, 15) is 0 Å². The van der Waals surface area contributed by atoms with Gasteiger partial charge in [0.05, 0.1) is 11.9 Å². The summed E-state index contributed by atoms with van der Waals surface area (Å²) >= 11 is 0. The van der Waals surface area contributed by atoms with Crippen molar-refractivity contribution < 1.29 is 0 Å². The van der Waals surface area contributed by atoms with Crippen LogP contribution in [-0.2, 0) is 0 Å². The van der Waals surface area contributed by atoms with E-state index >= 15 is 0 Å². The first-order valence-corrected chi connectivity index (χ1v) is 5.00. The van der Waals surface area contributed by atoms with Gasteiger partial charge >= 0.3 is 0 Å². The lowest BCUT2D eigenvalue weighted by Gasteiger charge is -2.03. The fraction of sp³-hybridized carbons (Fsp3) is 0.273. The van der Waals surface area contributed by atoms with E-state index in [1.807, 2.05) is 36.5 Å². The SMILES string of the molecule is CC(C)Nc1cn(-c2ccccc2)nn1. The summed E-state index contributed by atoms with van der Waals surface area (Å²) in [7, 11) is 0. The number of hydrogen-bond acceptors (Lipinski definition) is 3. The lowest BCUT2D eigenvalue weighted by atomic mass is 10.3. The van der Waals surface area contributed by atoms with E-state index in [0.717, 1.165) is 11.5 Å². The van der Waals surface area contributed by atoms with Crippen molar-refractivity contribution in [1.82, 2.24) is 15.0 Å². The highest BCUT2D eigenvalue weighted by Crippen LogP contribution is 2.08. The van der Waals surface area contributed by atoms with Crippen molar-refractivity contribution in [2.75, 3.05) is 5.32 Å². The monoisotopic (exact) mass is 202 g/mol. The summed E-state index contributed by atoms with van der Waals surface area (Å²) in [5, 5.41) is 11.3. The van der Waals surface area contributed by atoms with Gasteiger partial charge in [0, 0.05) is 6.04 Å². The lowest BCUT2D eigenvalue weighted by Crippen LogP contribution is -2.09. The molecule has 78 valence electrons. The van der Waals surface area contributed by atoms with Gasteiger partial charge in [-0.2, -0.15) is 0 Å². The molecule has 0 unspecified atom stereocenters. The van der Waals surface area contributed by atoms with Crippen LogP contribution < -0.4 is 5.32 Å². The molecule has 0 fully saturated rings. The molecule has 0 saturated carbocycles. The van der Waals surface area contributed by atoms with Crippen LogP contribution in [0.4, 0.5) is 5.82 Å². The Morgan fingerprint density at radius 3 is 2.60 bits per heavy atom. The fourth-order valence-corrected chi connectivity index (χ4v) is 1.33. The van der Waals surface area contributed by atoms with Crippen molar-refractivity contribution in [3.8, 4) is 5.69 Å². The summed E-state index contributed by atoms with van der Waals surface area (Å²) < 4.78 is 1.75. The first kappa shape index (κ1) is 9.71. The van der Waals surface area contributed by atoms with Gasteiger partial charge in [-0.15, -0.1) is 5.10 Å². The molecule has 0 atom stereocenters. The molecule has 4 nitrogen and oxygen atoms in total. The van der Waals surface area contributed by atoms with E-state index in [1.165, 1.54) is 0 Å². The van der Waals surface area contributed by atoms with Gasteiger partial charge in [-0.3, -0.25) is 0 Å². The van der Waals surface area contributed by atoms with Crippen molar-refractivity contribution in [1.29, 1.82) is 0 Å². The maximum absolute atomic E-state index is 4.04. The molecular weight excluding hydrogens is 188 g/mol. The molecule has 1 aromatic carbocycles. The highest BCUT2D eigenvalue weighted by atomic mass is 15.4. The minimum atomic E-state index is 0.367. The number of hydrogen-bond donors (Lipinski definition) is 1. The van der Waals surface area contributed by atoms with Gasteiger partial charge in [-0.05, 0) is 26.0 Å². The van der Waals surface area contributed by atoms with Crippen LogP contribution in [0.1, 0.15) is 13.8 Å². The van der Waals surface area contributed by atoms with Gasteiger partial charge < -0.3 is 5.32 Å². The van der Waals surface area contributed by atoms with Crippen LogP contribution in [0.15, 0.2) is 36.5 Å². The molecule has 1 aromatic heterocycles. The van der Waals surface area contributed by atoms with E-state index in [2.05, 4.69) is 29.5 Å². The highest BCUT2D eigenvalue weighted by Gasteiger charge is 2.02. The van der Waals surface area contributed by atoms with Crippen molar-refractivity contribution in [2.45, 2.75) is 19.9 Å². The van der Waals surface area contributed by atoms with E-state index < -0.39 is 0 Å². The molecule has 4 heteroatoms. The Morgan fingerprint density at radius 1 is 1.20 bits per heavy atom. The third-order valence-corrected chi connectivity index (χ3v) is 1.95. The van der Waals surface area contributed by atoms with Crippen molar-refractivity contribution >= 4 is 5.82 Å². The van der Waals surface area contributed by atoms with Gasteiger partial charge in [0.15, 0.2) is 5.82 Å². The molecule has 0 aliphatic heterocycles. The van der Waals surface area contributed by atoms with E-state index in [-0.39, 0.29) is 0 Å². The lowest BCUT2D eigenvalue weighted by molar-refractivity contribution is 0.801. The molecule has 2 aromatic rings. The second-order valence-electron chi connectivity index (χ2n) is 3.68. The third kappa shape index (κ3) is 2.34. The van der Waals surface area contributed by atoms with E-state index in [0.29, 0.717) is 6.04 Å². The minimum Gasteiger partial charge on any atom is -0.365 e. The summed E-state index contributed by atoms with van der Waals surface area (Å²) in [6.07, 6.45) is 1.88. The first-order valence-electron chi connectivity index (χ1n) is 5.00. The van der Waals surface area contributed by atoms with E-state index in [1.54, 1.807) is 4.68 Å². The highest BCUT2D eigenvalue weighted by molar-refractivity contribution is 5.36. The zero-order valence-electron chi connectivity index (χ0n) is 8.88. The predicted octanol–water partition coefficient (Wildman–Crippen LogP) is 2.09. The summed E-state index contributed by atoms with van der Waals surface area (Å²) in [5.41, 5.74) is 1.02. The maximum atomic E-state index is 4.04. The third-order valence-electron chi connectivity index (χ3n) is 1.95. The van der Waals surface area contributed by atoms with Crippen LogP contribution in [0.25, 0.3) is 5.69 Å². The van der Waals surface area contributed by atoms with Crippen LogP contribution in [0, 0.1) is 0 Å². The van der Waals surface area contributed by atoms with Crippen molar-refractivity contribution in [3.63, 3.8) is 0 Å². The molecule has 0 radical (unpaired) electrons. The molecule has 0 spiro atoms. The molecular formula is C11H14N4. The molecule has 15 heavy (non-hydrogen) atoms. The first-order chi connectivity index (χ1) is 7.25. The Bertz CT molecular complexity index is 419. The Balaban J connectivity index is 2.21. The normalized spacial score (nSPS) is 10.6. The number of anilines is 1. The predicted molar refractivity (Wildman–Crippen MR) is 60.1 cm³/mol. The smallest absolute Gasteiger partial charge is 0.169 e. The van der Waals surface area contributed by atoms with Crippen molar-refractivity contribution in [3.05, 3.63) is 36.5 Å². The van der Waals surface area contributed by atoms with Gasteiger partial charge in [0.25, 0.3) is 0 Å². The van der Waals surface area contributed by atoms with Crippen LogP contribution in [-0.4, -0.2) is 21.0 Å². The topological polar surface area (TPSA) is 42.7 Å².